The van der Waals surface area contributed by atoms with Crippen molar-refractivity contribution in [2.24, 2.45) is 0 Å². The summed E-state index contributed by atoms with van der Waals surface area (Å²) in [5, 5.41) is 2.82. The molecule has 0 saturated heterocycles. The SMILES string of the molecule is Cc1ccc(Br)c(NC(=O)C(C)Br)c1. The van der Waals surface area contributed by atoms with Crippen LogP contribution in [0.4, 0.5) is 5.69 Å². The molecule has 0 saturated carbocycles. The van der Waals surface area contributed by atoms with E-state index in [1.807, 2.05) is 25.1 Å². The van der Waals surface area contributed by atoms with Gasteiger partial charge in [0.05, 0.1) is 10.5 Å². The lowest BCUT2D eigenvalue weighted by Gasteiger charge is -2.09. The van der Waals surface area contributed by atoms with Gasteiger partial charge in [0.25, 0.3) is 0 Å². The topological polar surface area (TPSA) is 29.1 Å². The second-order valence-electron chi connectivity index (χ2n) is 3.09. The first-order valence-electron chi connectivity index (χ1n) is 4.22. The highest BCUT2D eigenvalue weighted by Crippen LogP contribution is 2.23. The van der Waals surface area contributed by atoms with Crippen LogP contribution < -0.4 is 5.32 Å². The van der Waals surface area contributed by atoms with Gasteiger partial charge in [-0.25, -0.2) is 0 Å². The van der Waals surface area contributed by atoms with Gasteiger partial charge in [-0.05, 0) is 47.5 Å². The minimum Gasteiger partial charge on any atom is -0.324 e. The van der Waals surface area contributed by atoms with E-state index in [1.165, 1.54) is 0 Å². The van der Waals surface area contributed by atoms with Crippen LogP contribution in [-0.4, -0.2) is 10.7 Å². The van der Waals surface area contributed by atoms with Gasteiger partial charge in [-0.15, -0.1) is 0 Å². The molecule has 0 spiro atoms. The number of carbonyl (C=O) groups is 1. The fraction of sp³-hybridized carbons (Fsp3) is 0.300. The number of nitrogens with one attached hydrogen (secondary N) is 1. The van der Waals surface area contributed by atoms with Crippen LogP contribution in [0, 0.1) is 6.92 Å². The van der Waals surface area contributed by atoms with E-state index in [4.69, 9.17) is 0 Å². The van der Waals surface area contributed by atoms with E-state index in [0.29, 0.717) is 0 Å². The molecule has 0 aliphatic heterocycles. The molecule has 1 aromatic carbocycles. The molecule has 14 heavy (non-hydrogen) atoms. The van der Waals surface area contributed by atoms with Crippen molar-refractivity contribution in [1.82, 2.24) is 0 Å². The fourth-order valence-electron chi connectivity index (χ4n) is 0.967. The Kier molecular flexibility index (Phi) is 4.13. The molecule has 0 aromatic heterocycles. The lowest BCUT2D eigenvalue weighted by Crippen LogP contribution is -2.20. The van der Waals surface area contributed by atoms with Gasteiger partial charge in [0.15, 0.2) is 0 Å². The third-order valence-corrected chi connectivity index (χ3v) is 2.85. The molecular formula is C10H11Br2NO. The minimum atomic E-state index is -0.185. The Bertz CT molecular complexity index is 350. The molecule has 1 N–H and O–H groups in total. The largest absolute Gasteiger partial charge is 0.324 e. The number of amides is 1. The van der Waals surface area contributed by atoms with Gasteiger partial charge in [-0.3, -0.25) is 4.79 Å². The van der Waals surface area contributed by atoms with Crippen molar-refractivity contribution < 1.29 is 4.79 Å². The summed E-state index contributed by atoms with van der Waals surface area (Å²) in [7, 11) is 0. The minimum absolute atomic E-state index is 0.0451. The first-order valence-corrected chi connectivity index (χ1v) is 5.92. The summed E-state index contributed by atoms with van der Waals surface area (Å²) in [4.78, 5) is 11.2. The van der Waals surface area contributed by atoms with Crippen molar-refractivity contribution in [3.8, 4) is 0 Å². The summed E-state index contributed by atoms with van der Waals surface area (Å²) in [6.45, 7) is 3.78. The quantitative estimate of drug-likeness (QED) is 0.830. The smallest absolute Gasteiger partial charge is 0.237 e. The highest BCUT2D eigenvalue weighted by Gasteiger charge is 2.10. The van der Waals surface area contributed by atoms with E-state index >= 15 is 0 Å². The van der Waals surface area contributed by atoms with Crippen LogP contribution in [0.1, 0.15) is 12.5 Å². The molecule has 1 unspecified atom stereocenters. The molecule has 1 atom stereocenters. The zero-order valence-electron chi connectivity index (χ0n) is 7.97. The normalized spacial score (nSPS) is 12.3. The molecule has 0 aliphatic carbocycles. The monoisotopic (exact) mass is 319 g/mol. The summed E-state index contributed by atoms with van der Waals surface area (Å²) in [5.41, 5.74) is 1.92. The maximum atomic E-state index is 11.4. The van der Waals surface area contributed by atoms with Crippen LogP contribution in [0.2, 0.25) is 0 Å². The van der Waals surface area contributed by atoms with E-state index in [0.717, 1.165) is 15.7 Å². The molecule has 0 radical (unpaired) electrons. The Labute approximate surface area is 100 Å². The molecular weight excluding hydrogens is 310 g/mol. The maximum absolute atomic E-state index is 11.4. The molecule has 0 aliphatic rings. The molecule has 1 aromatic rings. The summed E-state index contributed by atoms with van der Waals surface area (Å²) >= 11 is 6.59. The van der Waals surface area contributed by atoms with Crippen molar-refractivity contribution in [2.75, 3.05) is 5.32 Å². The molecule has 76 valence electrons. The van der Waals surface area contributed by atoms with Gasteiger partial charge in [0.2, 0.25) is 5.91 Å². The Balaban J connectivity index is 2.86. The number of alkyl halides is 1. The summed E-state index contributed by atoms with van der Waals surface area (Å²) in [6.07, 6.45) is 0. The molecule has 0 bridgehead atoms. The zero-order valence-corrected chi connectivity index (χ0v) is 11.1. The first kappa shape index (κ1) is 11.7. The molecule has 1 rings (SSSR count). The number of anilines is 1. The summed E-state index contributed by atoms with van der Waals surface area (Å²) < 4.78 is 0.893. The van der Waals surface area contributed by atoms with E-state index in [1.54, 1.807) is 6.92 Å². The second-order valence-corrected chi connectivity index (χ2v) is 5.32. The van der Waals surface area contributed by atoms with Crippen LogP contribution >= 0.6 is 31.9 Å². The Morgan fingerprint density at radius 1 is 1.50 bits per heavy atom. The van der Waals surface area contributed by atoms with Crippen molar-refractivity contribution in [3.63, 3.8) is 0 Å². The van der Waals surface area contributed by atoms with Gasteiger partial charge < -0.3 is 5.32 Å². The predicted octanol–water partition coefficient (Wildman–Crippen LogP) is 3.48. The van der Waals surface area contributed by atoms with Gasteiger partial charge in [0, 0.05) is 4.47 Å². The Hall–Kier alpha value is -0.350. The predicted molar refractivity (Wildman–Crippen MR) is 65.9 cm³/mol. The molecule has 4 heteroatoms. The number of halogens is 2. The summed E-state index contributed by atoms with van der Waals surface area (Å²) in [5.74, 6) is -0.0451. The zero-order chi connectivity index (χ0) is 10.7. The average Bonchev–Trinajstić information content (AvgIpc) is 2.11. The van der Waals surface area contributed by atoms with E-state index in [-0.39, 0.29) is 10.7 Å². The fourth-order valence-corrected chi connectivity index (χ4v) is 1.43. The lowest BCUT2D eigenvalue weighted by molar-refractivity contribution is -0.115. The van der Waals surface area contributed by atoms with Crippen molar-refractivity contribution in [1.29, 1.82) is 0 Å². The highest BCUT2D eigenvalue weighted by molar-refractivity contribution is 9.10. The lowest BCUT2D eigenvalue weighted by atomic mass is 10.2. The average molecular weight is 321 g/mol. The Morgan fingerprint density at radius 3 is 2.71 bits per heavy atom. The van der Waals surface area contributed by atoms with E-state index in [9.17, 15) is 4.79 Å². The van der Waals surface area contributed by atoms with Gasteiger partial charge in [-0.2, -0.15) is 0 Å². The third kappa shape index (κ3) is 3.10. The van der Waals surface area contributed by atoms with Gasteiger partial charge in [-0.1, -0.05) is 22.0 Å². The molecule has 1 amide bonds. The van der Waals surface area contributed by atoms with Crippen molar-refractivity contribution in [3.05, 3.63) is 28.2 Å². The maximum Gasteiger partial charge on any atom is 0.237 e. The highest BCUT2D eigenvalue weighted by atomic mass is 79.9. The van der Waals surface area contributed by atoms with Crippen LogP contribution in [0.15, 0.2) is 22.7 Å². The van der Waals surface area contributed by atoms with Gasteiger partial charge in [0.1, 0.15) is 0 Å². The van der Waals surface area contributed by atoms with Crippen molar-refractivity contribution >= 4 is 43.5 Å². The molecule has 2 nitrogen and oxygen atoms in total. The Morgan fingerprint density at radius 2 is 2.14 bits per heavy atom. The van der Waals surface area contributed by atoms with Crippen LogP contribution in [0.5, 0.6) is 0 Å². The third-order valence-electron chi connectivity index (χ3n) is 1.74. The number of rotatable bonds is 2. The van der Waals surface area contributed by atoms with Crippen LogP contribution in [0.3, 0.4) is 0 Å². The second kappa shape index (κ2) is 4.94. The number of benzene rings is 1. The molecule has 0 heterocycles. The van der Waals surface area contributed by atoms with Crippen LogP contribution in [0.25, 0.3) is 0 Å². The summed E-state index contributed by atoms with van der Waals surface area (Å²) in [6, 6.07) is 5.83. The van der Waals surface area contributed by atoms with E-state index < -0.39 is 0 Å². The standard InChI is InChI=1S/C10H11Br2NO/c1-6-3-4-8(12)9(5-6)13-10(14)7(2)11/h3-5,7H,1-2H3,(H,13,14). The number of carbonyl (C=O) groups excluding carboxylic acids is 1. The van der Waals surface area contributed by atoms with Crippen LogP contribution in [-0.2, 0) is 4.79 Å². The number of hydrogen-bond donors (Lipinski definition) is 1. The first-order chi connectivity index (χ1) is 6.50. The molecule has 0 fully saturated rings. The van der Waals surface area contributed by atoms with Crippen molar-refractivity contribution in [2.45, 2.75) is 18.7 Å². The number of aryl methyl sites for hydroxylation is 1. The van der Waals surface area contributed by atoms with Gasteiger partial charge >= 0.3 is 0 Å². The van der Waals surface area contributed by atoms with E-state index in [2.05, 4.69) is 37.2 Å². The number of hydrogen-bond acceptors (Lipinski definition) is 1.